The molecule has 0 saturated carbocycles. The normalized spacial score (nSPS) is 13.9. The summed E-state index contributed by atoms with van der Waals surface area (Å²) in [5.41, 5.74) is 7.81. The molecule has 0 fully saturated rings. The number of H-pyrrole nitrogens is 1. The van der Waals surface area contributed by atoms with Crippen LogP contribution in [0.15, 0.2) is 60.8 Å². The van der Waals surface area contributed by atoms with Crippen molar-refractivity contribution in [1.82, 2.24) is 20.9 Å². The fourth-order valence-electron chi connectivity index (χ4n) is 4.22. The molecule has 0 spiro atoms. The Bertz CT molecular complexity index is 1380. The first-order valence-electron chi connectivity index (χ1n) is 12.9. The third kappa shape index (κ3) is 8.88. The predicted octanol–water partition coefficient (Wildman–Crippen LogP) is -0.323. The Hall–Kier alpha value is -4.75. The molecular weight excluding hydrogens is 534 g/mol. The SMILES string of the molecule is NC(CO)C(=O)NC(Cc1c[nH]c2ccccc12)C(=O)NC(Cc1ccccc1)C(=O)NC(CCC(=O)O)C(=O)O. The summed E-state index contributed by atoms with van der Waals surface area (Å²) in [4.78, 5) is 65.1. The summed E-state index contributed by atoms with van der Waals surface area (Å²) < 4.78 is 0. The van der Waals surface area contributed by atoms with Crippen LogP contribution >= 0.6 is 0 Å². The monoisotopic (exact) mass is 567 g/mol. The maximum atomic E-state index is 13.6. The highest BCUT2D eigenvalue weighted by Gasteiger charge is 2.31. The third-order valence-electron chi connectivity index (χ3n) is 6.44. The van der Waals surface area contributed by atoms with Gasteiger partial charge in [0.15, 0.2) is 0 Å². The van der Waals surface area contributed by atoms with Gasteiger partial charge in [-0.05, 0) is 23.6 Å². The van der Waals surface area contributed by atoms with E-state index in [2.05, 4.69) is 20.9 Å². The van der Waals surface area contributed by atoms with Crippen LogP contribution in [0.3, 0.4) is 0 Å². The van der Waals surface area contributed by atoms with E-state index in [1.807, 2.05) is 24.3 Å². The number of aromatic amines is 1. The smallest absolute Gasteiger partial charge is 0.326 e. The first-order chi connectivity index (χ1) is 19.6. The van der Waals surface area contributed by atoms with Gasteiger partial charge in [-0.1, -0.05) is 48.5 Å². The molecule has 41 heavy (non-hydrogen) atoms. The fraction of sp³-hybridized carbons (Fsp3) is 0.321. The van der Waals surface area contributed by atoms with Crippen molar-refractivity contribution in [2.24, 2.45) is 5.73 Å². The van der Waals surface area contributed by atoms with Gasteiger partial charge in [-0.25, -0.2) is 4.79 Å². The second-order valence-electron chi connectivity index (χ2n) is 9.50. The van der Waals surface area contributed by atoms with Gasteiger partial charge in [0.05, 0.1) is 6.61 Å². The number of nitrogens with two attached hydrogens (primary N) is 1. The van der Waals surface area contributed by atoms with Gasteiger partial charge in [0.1, 0.15) is 24.2 Å². The highest BCUT2D eigenvalue weighted by Crippen LogP contribution is 2.19. The molecule has 218 valence electrons. The van der Waals surface area contributed by atoms with Crippen LogP contribution in [-0.4, -0.2) is 80.7 Å². The third-order valence-corrected chi connectivity index (χ3v) is 6.44. The maximum absolute atomic E-state index is 13.6. The number of rotatable bonds is 15. The summed E-state index contributed by atoms with van der Waals surface area (Å²) in [7, 11) is 0. The first kappa shape index (κ1) is 30.8. The van der Waals surface area contributed by atoms with Crippen molar-refractivity contribution < 1.29 is 39.3 Å². The van der Waals surface area contributed by atoms with Crippen molar-refractivity contribution in [3.05, 3.63) is 71.9 Å². The number of aliphatic hydroxyl groups is 1. The Balaban J connectivity index is 1.87. The van der Waals surface area contributed by atoms with Crippen LogP contribution in [0.25, 0.3) is 10.9 Å². The van der Waals surface area contributed by atoms with Gasteiger partial charge >= 0.3 is 11.9 Å². The zero-order chi connectivity index (χ0) is 29.9. The number of carbonyl (C=O) groups is 5. The lowest BCUT2D eigenvalue weighted by Crippen LogP contribution is -2.58. The molecule has 3 amide bonds. The van der Waals surface area contributed by atoms with Crippen LogP contribution in [0.1, 0.15) is 24.0 Å². The number of carboxylic acid groups (broad SMARTS) is 2. The topological polar surface area (TPSA) is 224 Å². The fourth-order valence-corrected chi connectivity index (χ4v) is 4.22. The largest absolute Gasteiger partial charge is 0.481 e. The number of nitrogens with one attached hydrogen (secondary N) is 4. The lowest BCUT2D eigenvalue weighted by Gasteiger charge is -2.25. The number of amides is 3. The number of aliphatic hydroxyl groups excluding tert-OH is 1. The van der Waals surface area contributed by atoms with Gasteiger partial charge in [-0.2, -0.15) is 0 Å². The Morgan fingerprint density at radius 1 is 0.780 bits per heavy atom. The average molecular weight is 568 g/mol. The van der Waals surface area contributed by atoms with Gasteiger partial charge in [0, 0.05) is 36.4 Å². The molecule has 4 atom stereocenters. The molecule has 13 heteroatoms. The summed E-state index contributed by atoms with van der Waals surface area (Å²) in [5.74, 6) is -5.02. The molecule has 1 heterocycles. The van der Waals surface area contributed by atoms with Crippen LogP contribution in [0, 0.1) is 0 Å². The molecule has 2 aromatic carbocycles. The standard InChI is InChI=1S/C28H33N5O8/c29-19(15-34)25(37)32-23(13-17-14-30-20-9-5-4-8-18(17)20)27(39)33-22(12-16-6-2-1-3-7-16)26(38)31-21(28(40)41)10-11-24(35)36/h1-9,14,19,21-23,30,34H,10-13,15,29H2,(H,31,38)(H,32,37)(H,33,39)(H,35,36)(H,40,41). The minimum Gasteiger partial charge on any atom is -0.481 e. The number of para-hydroxylation sites is 1. The van der Waals surface area contributed by atoms with E-state index in [0.29, 0.717) is 11.1 Å². The molecule has 9 N–H and O–H groups in total. The van der Waals surface area contributed by atoms with E-state index in [9.17, 15) is 34.2 Å². The zero-order valence-corrected chi connectivity index (χ0v) is 22.1. The summed E-state index contributed by atoms with van der Waals surface area (Å²) in [6.07, 6.45) is 0.831. The first-order valence-corrected chi connectivity index (χ1v) is 12.9. The number of fused-ring (bicyclic) bond motifs is 1. The van der Waals surface area contributed by atoms with Crippen molar-refractivity contribution in [3.63, 3.8) is 0 Å². The molecule has 13 nitrogen and oxygen atoms in total. The summed E-state index contributed by atoms with van der Waals surface area (Å²) in [5, 5.41) is 36.0. The maximum Gasteiger partial charge on any atom is 0.326 e. The molecular formula is C28H33N5O8. The van der Waals surface area contributed by atoms with E-state index in [0.717, 1.165) is 10.9 Å². The molecule has 3 aromatic rings. The molecule has 0 bridgehead atoms. The van der Waals surface area contributed by atoms with Gasteiger partial charge in [-0.15, -0.1) is 0 Å². The summed E-state index contributed by atoms with van der Waals surface area (Å²) in [6, 6.07) is 10.7. The van der Waals surface area contributed by atoms with E-state index in [4.69, 9.17) is 10.8 Å². The molecule has 0 saturated heterocycles. The number of aliphatic carboxylic acids is 2. The van der Waals surface area contributed by atoms with E-state index in [-0.39, 0.29) is 19.3 Å². The summed E-state index contributed by atoms with van der Waals surface area (Å²) >= 11 is 0. The Labute approximate surface area is 235 Å². The Morgan fingerprint density at radius 3 is 2.00 bits per heavy atom. The molecule has 1 aromatic heterocycles. The van der Waals surface area contributed by atoms with Gasteiger partial charge in [0.2, 0.25) is 17.7 Å². The van der Waals surface area contributed by atoms with Crippen molar-refractivity contribution in [2.75, 3.05) is 6.61 Å². The van der Waals surface area contributed by atoms with E-state index < -0.39 is 66.9 Å². The number of carbonyl (C=O) groups excluding carboxylic acids is 3. The Morgan fingerprint density at radius 2 is 1.37 bits per heavy atom. The minimum atomic E-state index is -1.50. The van der Waals surface area contributed by atoms with Crippen LogP contribution < -0.4 is 21.7 Å². The molecule has 0 aliphatic heterocycles. The summed E-state index contributed by atoms with van der Waals surface area (Å²) in [6.45, 7) is -0.654. The van der Waals surface area contributed by atoms with Gasteiger partial charge < -0.3 is 42.0 Å². The van der Waals surface area contributed by atoms with Crippen molar-refractivity contribution >= 4 is 40.6 Å². The molecule has 0 aliphatic carbocycles. The van der Waals surface area contributed by atoms with Crippen molar-refractivity contribution in [2.45, 2.75) is 49.9 Å². The average Bonchev–Trinajstić information content (AvgIpc) is 3.36. The number of aromatic nitrogens is 1. The second kappa shape index (κ2) is 14.6. The number of benzene rings is 2. The Kier molecular flexibility index (Phi) is 11.0. The van der Waals surface area contributed by atoms with Crippen molar-refractivity contribution in [3.8, 4) is 0 Å². The minimum absolute atomic E-state index is 0.00970. The number of carboxylic acids is 2. The van der Waals surface area contributed by atoms with Crippen LogP contribution in [0.2, 0.25) is 0 Å². The highest BCUT2D eigenvalue weighted by atomic mass is 16.4. The number of hydrogen-bond acceptors (Lipinski definition) is 7. The molecule has 0 radical (unpaired) electrons. The van der Waals surface area contributed by atoms with Crippen LogP contribution in [0.5, 0.6) is 0 Å². The van der Waals surface area contributed by atoms with Crippen LogP contribution in [0.4, 0.5) is 0 Å². The van der Waals surface area contributed by atoms with Crippen molar-refractivity contribution in [1.29, 1.82) is 0 Å². The van der Waals surface area contributed by atoms with E-state index in [1.165, 1.54) is 0 Å². The lowest BCUT2D eigenvalue weighted by molar-refractivity contribution is -0.143. The molecule has 4 unspecified atom stereocenters. The highest BCUT2D eigenvalue weighted by molar-refractivity contribution is 5.95. The quantitative estimate of drug-likeness (QED) is 0.120. The lowest BCUT2D eigenvalue weighted by atomic mass is 10.0. The number of hydrogen-bond donors (Lipinski definition) is 8. The molecule has 3 rings (SSSR count). The van der Waals surface area contributed by atoms with Crippen LogP contribution in [-0.2, 0) is 36.8 Å². The second-order valence-corrected chi connectivity index (χ2v) is 9.50. The van der Waals surface area contributed by atoms with Gasteiger partial charge in [0.25, 0.3) is 0 Å². The zero-order valence-electron chi connectivity index (χ0n) is 22.1. The van der Waals surface area contributed by atoms with E-state index in [1.54, 1.807) is 36.5 Å². The van der Waals surface area contributed by atoms with Gasteiger partial charge in [-0.3, -0.25) is 19.2 Å². The predicted molar refractivity (Wildman–Crippen MR) is 148 cm³/mol. The van der Waals surface area contributed by atoms with E-state index >= 15 is 0 Å². The molecule has 0 aliphatic rings.